The first-order valence-electron chi connectivity index (χ1n) is 5.30. The number of rotatable bonds is 3. The fourth-order valence-corrected chi connectivity index (χ4v) is 2.46. The summed E-state index contributed by atoms with van der Waals surface area (Å²) in [5.74, 6) is 2.37. The van der Waals surface area contributed by atoms with Crippen molar-refractivity contribution in [2.75, 3.05) is 5.32 Å². The second-order valence-corrected chi connectivity index (χ2v) is 4.66. The molecule has 0 amide bonds. The van der Waals surface area contributed by atoms with E-state index in [1.807, 2.05) is 19.2 Å². The van der Waals surface area contributed by atoms with E-state index < -0.39 is 0 Å². The van der Waals surface area contributed by atoms with Crippen LogP contribution in [-0.4, -0.2) is 9.97 Å². The molecule has 0 aliphatic heterocycles. The fourth-order valence-electron chi connectivity index (χ4n) is 1.68. The molecule has 0 aromatic carbocycles. The van der Waals surface area contributed by atoms with Crippen molar-refractivity contribution >= 4 is 27.2 Å². The van der Waals surface area contributed by atoms with Gasteiger partial charge in [-0.3, -0.25) is 0 Å². The smallest absolute Gasteiger partial charge is 0.213 e. The maximum atomic E-state index is 5.40. The third-order valence-corrected chi connectivity index (χ3v) is 3.34. The summed E-state index contributed by atoms with van der Waals surface area (Å²) in [7, 11) is 0. The predicted molar refractivity (Wildman–Crippen MR) is 68.2 cm³/mol. The number of aromatic nitrogens is 2. The van der Waals surface area contributed by atoms with E-state index in [1.54, 1.807) is 17.5 Å². The molecule has 3 aromatic rings. The highest BCUT2D eigenvalue weighted by Gasteiger charge is 2.05. The zero-order valence-electron chi connectivity index (χ0n) is 9.30. The molecule has 0 radical (unpaired) electrons. The summed E-state index contributed by atoms with van der Waals surface area (Å²) in [6, 6.07) is 4.08. The molecule has 3 rings (SSSR count). The van der Waals surface area contributed by atoms with Crippen molar-refractivity contribution in [3.05, 3.63) is 41.6 Å². The van der Waals surface area contributed by atoms with Crippen LogP contribution < -0.4 is 5.32 Å². The van der Waals surface area contributed by atoms with E-state index in [1.165, 1.54) is 4.70 Å². The molecule has 0 fully saturated rings. The number of thiophene rings is 1. The van der Waals surface area contributed by atoms with Crippen molar-refractivity contribution in [3.63, 3.8) is 0 Å². The second kappa shape index (κ2) is 4.18. The van der Waals surface area contributed by atoms with Crippen LogP contribution in [0.3, 0.4) is 0 Å². The van der Waals surface area contributed by atoms with E-state index in [0.717, 1.165) is 17.0 Å². The average Bonchev–Trinajstić information content (AvgIpc) is 2.94. The Hall–Kier alpha value is -1.88. The number of nitrogens with one attached hydrogen (secondary N) is 1. The Morgan fingerprint density at radius 3 is 3.12 bits per heavy atom. The highest BCUT2D eigenvalue weighted by molar-refractivity contribution is 7.17. The maximum Gasteiger partial charge on any atom is 0.213 e. The zero-order chi connectivity index (χ0) is 11.7. The van der Waals surface area contributed by atoms with Crippen molar-refractivity contribution < 1.29 is 4.42 Å². The Balaban J connectivity index is 1.83. The molecule has 5 heteroatoms. The van der Waals surface area contributed by atoms with Crippen LogP contribution in [0, 0.1) is 6.92 Å². The summed E-state index contributed by atoms with van der Waals surface area (Å²) < 4.78 is 6.63. The van der Waals surface area contributed by atoms with Crippen molar-refractivity contribution in [1.29, 1.82) is 0 Å². The van der Waals surface area contributed by atoms with Gasteiger partial charge < -0.3 is 9.73 Å². The first-order valence-corrected chi connectivity index (χ1v) is 6.18. The molecule has 4 nitrogen and oxygen atoms in total. The van der Waals surface area contributed by atoms with Crippen LogP contribution in [0.25, 0.3) is 10.1 Å². The topological polar surface area (TPSA) is 51.0 Å². The Morgan fingerprint density at radius 2 is 2.29 bits per heavy atom. The molecule has 0 bridgehead atoms. The summed E-state index contributed by atoms with van der Waals surface area (Å²) in [5.41, 5.74) is 0. The van der Waals surface area contributed by atoms with Crippen molar-refractivity contribution in [3.8, 4) is 0 Å². The third kappa shape index (κ3) is 2.01. The molecule has 3 heterocycles. The molecule has 1 N–H and O–H groups in total. The van der Waals surface area contributed by atoms with Gasteiger partial charge in [0.25, 0.3) is 0 Å². The van der Waals surface area contributed by atoms with Crippen LogP contribution in [0.4, 0.5) is 5.82 Å². The Morgan fingerprint density at radius 1 is 1.35 bits per heavy atom. The van der Waals surface area contributed by atoms with E-state index in [4.69, 9.17) is 4.42 Å². The van der Waals surface area contributed by atoms with E-state index >= 15 is 0 Å². The summed E-state index contributed by atoms with van der Waals surface area (Å²) >= 11 is 1.71. The van der Waals surface area contributed by atoms with Crippen LogP contribution in [0.1, 0.15) is 11.7 Å². The summed E-state index contributed by atoms with van der Waals surface area (Å²) in [5, 5.41) is 6.44. The molecule has 0 aliphatic carbocycles. The summed E-state index contributed by atoms with van der Waals surface area (Å²) in [4.78, 5) is 8.47. The number of oxazole rings is 1. The minimum absolute atomic E-state index is 0.551. The highest BCUT2D eigenvalue weighted by Crippen LogP contribution is 2.25. The lowest BCUT2D eigenvalue weighted by atomic mass is 10.3. The fraction of sp³-hybridized carbons (Fsp3) is 0.167. The van der Waals surface area contributed by atoms with Crippen molar-refractivity contribution in [2.24, 2.45) is 0 Å². The number of pyridine rings is 1. The molecule has 86 valence electrons. The van der Waals surface area contributed by atoms with E-state index in [-0.39, 0.29) is 0 Å². The van der Waals surface area contributed by atoms with Gasteiger partial charge in [0.2, 0.25) is 5.89 Å². The lowest BCUT2D eigenvalue weighted by molar-refractivity contribution is 0.479. The van der Waals surface area contributed by atoms with Crippen LogP contribution in [-0.2, 0) is 6.54 Å². The average molecular weight is 245 g/mol. The standard InChI is InChI=1S/C12H11N3OS/c1-8-6-14-11(16-8)7-15-12-9-3-5-17-10(9)2-4-13-12/h2-6H,7H2,1H3,(H,13,15). The molecule has 3 aromatic heterocycles. The van der Waals surface area contributed by atoms with Gasteiger partial charge in [0.05, 0.1) is 12.7 Å². The van der Waals surface area contributed by atoms with E-state index in [0.29, 0.717) is 12.4 Å². The van der Waals surface area contributed by atoms with E-state index in [9.17, 15) is 0 Å². The normalized spacial score (nSPS) is 10.9. The molecule has 17 heavy (non-hydrogen) atoms. The molecule has 0 unspecified atom stereocenters. The largest absolute Gasteiger partial charge is 0.444 e. The third-order valence-electron chi connectivity index (χ3n) is 2.46. The molecule has 0 spiro atoms. The Labute approximate surface area is 102 Å². The number of aryl methyl sites for hydroxylation is 1. The minimum Gasteiger partial charge on any atom is -0.444 e. The van der Waals surface area contributed by atoms with Crippen LogP contribution in [0.15, 0.2) is 34.3 Å². The molecule has 0 saturated carbocycles. The summed E-state index contributed by atoms with van der Waals surface area (Å²) in [6.45, 7) is 2.43. The zero-order valence-corrected chi connectivity index (χ0v) is 10.1. The first-order chi connectivity index (χ1) is 8.33. The van der Waals surface area contributed by atoms with Crippen LogP contribution >= 0.6 is 11.3 Å². The molecular formula is C12H11N3OS. The SMILES string of the molecule is Cc1cnc(CNc2nccc3sccc23)o1. The monoisotopic (exact) mass is 245 g/mol. The molecular weight excluding hydrogens is 234 g/mol. The summed E-state index contributed by atoms with van der Waals surface area (Å²) in [6.07, 6.45) is 3.53. The lowest BCUT2D eigenvalue weighted by Crippen LogP contribution is -2.01. The van der Waals surface area contributed by atoms with Crippen molar-refractivity contribution in [2.45, 2.75) is 13.5 Å². The number of fused-ring (bicyclic) bond motifs is 1. The quantitative estimate of drug-likeness (QED) is 0.769. The van der Waals surface area contributed by atoms with Crippen LogP contribution in [0.2, 0.25) is 0 Å². The Bertz CT molecular complexity index is 644. The number of anilines is 1. The highest BCUT2D eigenvalue weighted by atomic mass is 32.1. The van der Waals surface area contributed by atoms with Gasteiger partial charge in [-0.15, -0.1) is 11.3 Å². The van der Waals surface area contributed by atoms with E-state index in [2.05, 4.69) is 26.7 Å². The van der Waals surface area contributed by atoms with Gasteiger partial charge in [0.15, 0.2) is 0 Å². The number of hydrogen-bond donors (Lipinski definition) is 1. The van der Waals surface area contributed by atoms with Gasteiger partial charge in [-0.1, -0.05) is 0 Å². The van der Waals surface area contributed by atoms with Crippen molar-refractivity contribution in [1.82, 2.24) is 9.97 Å². The van der Waals surface area contributed by atoms with Gasteiger partial charge in [0.1, 0.15) is 11.6 Å². The second-order valence-electron chi connectivity index (χ2n) is 3.71. The van der Waals surface area contributed by atoms with Gasteiger partial charge in [-0.2, -0.15) is 0 Å². The van der Waals surface area contributed by atoms with Gasteiger partial charge in [0, 0.05) is 16.3 Å². The molecule has 0 aliphatic rings. The van der Waals surface area contributed by atoms with Gasteiger partial charge >= 0.3 is 0 Å². The molecule has 0 atom stereocenters. The van der Waals surface area contributed by atoms with Gasteiger partial charge in [-0.05, 0) is 24.4 Å². The lowest BCUT2D eigenvalue weighted by Gasteiger charge is -2.03. The van der Waals surface area contributed by atoms with Gasteiger partial charge in [-0.25, -0.2) is 9.97 Å². The van der Waals surface area contributed by atoms with Crippen LogP contribution in [0.5, 0.6) is 0 Å². The molecule has 0 saturated heterocycles. The maximum absolute atomic E-state index is 5.40. The number of hydrogen-bond acceptors (Lipinski definition) is 5. The Kier molecular flexibility index (Phi) is 2.53. The predicted octanol–water partition coefficient (Wildman–Crippen LogP) is 3.20. The minimum atomic E-state index is 0.551. The number of nitrogens with zero attached hydrogens (tertiary/aromatic N) is 2. The first kappa shape index (κ1) is 10.3.